The van der Waals surface area contributed by atoms with Crippen molar-refractivity contribution in [3.63, 3.8) is 0 Å². The van der Waals surface area contributed by atoms with Crippen molar-refractivity contribution in [3.8, 4) is 5.75 Å². The molecule has 0 saturated heterocycles. The Balaban J connectivity index is 1.59. The summed E-state index contributed by atoms with van der Waals surface area (Å²) in [6, 6.07) is 26.4. The smallest absolute Gasteiger partial charge is 0.222 e. The highest BCUT2D eigenvalue weighted by Crippen LogP contribution is 2.39. The van der Waals surface area contributed by atoms with E-state index in [2.05, 4.69) is 24.3 Å². The molecule has 4 heteroatoms. The van der Waals surface area contributed by atoms with Gasteiger partial charge in [0.2, 0.25) is 5.90 Å². The molecule has 1 unspecified atom stereocenters. The second-order valence-electron chi connectivity index (χ2n) is 7.37. The van der Waals surface area contributed by atoms with E-state index in [1.165, 1.54) is 11.1 Å². The predicted molar refractivity (Wildman–Crippen MR) is 118 cm³/mol. The number of ether oxygens (including phenoxy) is 3. The summed E-state index contributed by atoms with van der Waals surface area (Å²) >= 11 is 0. The summed E-state index contributed by atoms with van der Waals surface area (Å²) in [5, 5.41) is 0. The van der Waals surface area contributed by atoms with Crippen LogP contribution >= 0.6 is 0 Å². The molecule has 0 spiro atoms. The Kier molecular flexibility index (Phi) is 5.08. The van der Waals surface area contributed by atoms with Gasteiger partial charge in [0.15, 0.2) is 0 Å². The fraction of sp³-hybridized carbons (Fsp3) is 0.192. The maximum absolute atomic E-state index is 6.42. The molecule has 30 heavy (non-hydrogen) atoms. The molecule has 0 amide bonds. The summed E-state index contributed by atoms with van der Waals surface area (Å²) in [4.78, 5) is 4.77. The Morgan fingerprint density at radius 3 is 2.43 bits per heavy atom. The average Bonchev–Trinajstić information content (AvgIpc) is 2.84. The van der Waals surface area contributed by atoms with Crippen LogP contribution in [0, 0.1) is 0 Å². The van der Waals surface area contributed by atoms with Crippen molar-refractivity contribution in [3.05, 3.63) is 107 Å². The normalized spacial score (nSPS) is 18.3. The van der Waals surface area contributed by atoms with Crippen molar-refractivity contribution >= 4 is 11.7 Å². The van der Waals surface area contributed by atoms with Crippen molar-refractivity contribution in [1.82, 2.24) is 0 Å². The second-order valence-corrected chi connectivity index (χ2v) is 7.37. The minimum absolute atomic E-state index is 0.159. The molecule has 150 valence electrons. The standard InChI is InChI=1S/C26H23NO3/c1-28-21-13-11-19(12-14-21)24-23(17-27-26(30-24)20-8-3-2-4-9-20)25-22-10-6-5-7-18(22)15-16-29-25/h2-14,25H,15-17H2,1H3. The molecule has 2 heterocycles. The Morgan fingerprint density at radius 2 is 1.63 bits per heavy atom. The van der Waals surface area contributed by atoms with Crippen LogP contribution in [0.1, 0.15) is 28.4 Å². The monoisotopic (exact) mass is 397 g/mol. The van der Waals surface area contributed by atoms with Gasteiger partial charge in [-0.2, -0.15) is 0 Å². The van der Waals surface area contributed by atoms with Crippen LogP contribution in [0.5, 0.6) is 5.75 Å². The number of fused-ring (bicyclic) bond motifs is 1. The quantitative estimate of drug-likeness (QED) is 0.608. The van der Waals surface area contributed by atoms with Gasteiger partial charge in [-0.25, -0.2) is 4.99 Å². The summed E-state index contributed by atoms with van der Waals surface area (Å²) in [7, 11) is 1.67. The van der Waals surface area contributed by atoms with Crippen molar-refractivity contribution in [2.45, 2.75) is 12.5 Å². The van der Waals surface area contributed by atoms with Crippen molar-refractivity contribution in [2.24, 2.45) is 4.99 Å². The highest BCUT2D eigenvalue weighted by Gasteiger charge is 2.31. The summed E-state index contributed by atoms with van der Waals surface area (Å²) in [6.07, 6.45) is 0.769. The minimum Gasteiger partial charge on any atom is -0.497 e. The van der Waals surface area contributed by atoms with E-state index in [0.717, 1.165) is 34.6 Å². The van der Waals surface area contributed by atoms with E-state index in [-0.39, 0.29) is 6.10 Å². The molecule has 5 rings (SSSR count). The molecule has 3 aromatic carbocycles. The first-order chi connectivity index (χ1) is 14.8. The van der Waals surface area contributed by atoms with Crippen molar-refractivity contribution in [2.75, 3.05) is 20.3 Å². The van der Waals surface area contributed by atoms with E-state index in [9.17, 15) is 0 Å². The summed E-state index contributed by atoms with van der Waals surface area (Å²) in [6.45, 7) is 1.22. The highest BCUT2D eigenvalue weighted by molar-refractivity contribution is 5.98. The molecule has 2 aliphatic heterocycles. The number of aliphatic imine (C=N–C) groups is 1. The summed E-state index contributed by atoms with van der Waals surface area (Å²) in [5.74, 6) is 2.26. The molecule has 2 aliphatic rings. The lowest BCUT2D eigenvalue weighted by atomic mass is 9.90. The molecule has 0 bridgehead atoms. The van der Waals surface area contributed by atoms with Gasteiger partial charge in [0.25, 0.3) is 0 Å². The first-order valence-electron chi connectivity index (χ1n) is 10.2. The van der Waals surface area contributed by atoms with Crippen LogP contribution in [0.4, 0.5) is 0 Å². The van der Waals surface area contributed by atoms with Gasteiger partial charge in [-0.15, -0.1) is 0 Å². The number of methoxy groups -OCH3 is 1. The SMILES string of the molecule is COc1ccc(C2=C(C3OCCc4ccccc43)CN=C(c3ccccc3)O2)cc1. The van der Waals surface area contributed by atoms with E-state index < -0.39 is 0 Å². The molecule has 1 atom stereocenters. The number of nitrogens with zero attached hydrogens (tertiary/aromatic N) is 1. The molecule has 4 nitrogen and oxygen atoms in total. The van der Waals surface area contributed by atoms with Crippen molar-refractivity contribution in [1.29, 1.82) is 0 Å². The minimum atomic E-state index is -0.159. The number of hydrogen-bond acceptors (Lipinski definition) is 4. The van der Waals surface area contributed by atoms with E-state index in [0.29, 0.717) is 19.0 Å². The fourth-order valence-electron chi connectivity index (χ4n) is 4.03. The maximum atomic E-state index is 6.42. The van der Waals surface area contributed by atoms with E-state index >= 15 is 0 Å². The van der Waals surface area contributed by atoms with Gasteiger partial charge >= 0.3 is 0 Å². The Hall–Kier alpha value is -3.37. The average molecular weight is 397 g/mol. The van der Waals surface area contributed by atoms with Gasteiger partial charge in [-0.1, -0.05) is 42.5 Å². The number of rotatable bonds is 4. The van der Waals surface area contributed by atoms with Crippen LogP contribution < -0.4 is 4.74 Å². The fourth-order valence-corrected chi connectivity index (χ4v) is 4.03. The molecular formula is C26H23NO3. The molecule has 0 aromatic heterocycles. The van der Waals surface area contributed by atoms with Crippen LogP contribution in [-0.4, -0.2) is 26.2 Å². The predicted octanol–water partition coefficient (Wildman–Crippen LogP) is 5.20. The van der Waals surface area contributed by atoms with Gasteiger partial charge in [0.05, 0.1) is 20.3 Å². The zero-order chi connectivity index (χ0) is 20.3. The number of benzene rings is 3. The summed E-state index contributed by atoms with van der Waals surface area (Å²) in [5.41, 5.74) is 5.53. The lowest BCUT2D eigenvalue weighted by Gasteiger charge is -2.31. The van der Waals surface area contributed by atoms with Crippen LogP contribution in [-0.2, 0) is 15.9 Å². The molecule has 0 aliphatic carbocycles. The molecule has 3 aromatic rings. The lowest BCUT2D eigenvalue weighted by molar-refractivity contribution is 0.0652. The molecule has 0 fully saturated rings. The molecular weight excluding hydrogens is 374 g/mol. The van der Waals surface area contributed by atoms with E-state index in [4.69, 9.17) is 19.2 Å². The maximum Gasteiger partial charge on any atom is 0.222 e. The zero-order valence-corrected chi connectivity index (χ0v) is 16.9. The largest absolute Gasteiger partial charge is 0.497 e. The molecule has 0 saturated carbocycles. The summed E-state index contributed by atoms with van der Waals surface area (Å²) < 4.78 is 18.0. The van der Waals surface area contributed by atoms with Gasteiger partial charge < -0.3 is 14.2 Å². The van der Waals surface area contributed by atoms with Gasteiger partial charge in [0.1, 0.15) is 17.6 Å². The molecule has 0 N–H and O–H groups in total. The first kappa shape index (κ1) is 18.6. The van der Waals surface area contributed by atoms with Crippen LogP contribution in [0.3, 0.4) is 0 Å². The van der Waals surface area contributed by atoms with Crippen molar-refractivity contribution < 1.29 is 14.2 Å². The van der Waals surface area contributed by atoms with Gasteiger partial charge in [-0.3, -0.25) is 0 Å². The zero-order valence-electron chi connectivity index (χ0n) is 16.9. The molecule has 0 radical (unpaired) electrons. The number of hydrogen-bond donors (Lipinski definition) is 0. The second kappa shape index (κ2) is 8.17. The van der Waals surface area contributed by atoms with Crippen LogP contribution in [0.2, 0.25) is 0 Å². The third-order valence-corrected chi connectivity index (χ3v) is 5.57. The first-order valence-corrected chi connectivity index (χ1v) is 10.2. The highest BCUT2D eigenvalue weighted by atomic mass is 16.5. The van der Waals surface area contributed by atoms with Gasteiger partial charge in [-0.05, 0) is 53.9 Å². The third-order valence-electron chi connectivity index (χ3n) is 5.57. The topological polar surface area (TPSA) is 40.0 Å². The van der Waals surface area contributed by atoms with Crippen LogP contribution in [0.25, 0.3) is 5.76 Å². The van der Waals surface area contributed by atoms with E-state index in [1.54, 1.807) is 7.11 Å². The Labute approximate surface area is 176 Å². The Bertz CT molecular complexity index is 1100. The Morgan fingerprint density at radius 1 is 0.867 bits per heavy atom. The lowest BCUT2D eigenvalue weighted by Crippen LogP contribution is -2.24. The van der Waals surface area contributed by atoms with Gasteiger partial charge in [0, 0.05) is 16.7 Å². The van der Waals surface area contributed by atoms with Crippen LogP contribution in [0.15, 0.2) is 89.4 Å². The van der Waals surface area contributed by atoms with E-state index in [1.807, 2.05) is 54.6 Å². The third kappa shape index (κ3) is 3.51.